The van der Waals surface area contributed by atoms with E-state index < -0.39 is 5.60 Å². The molecule has 17 heavy (non-hydrogen) atoms. The van der Waals surface area contributed by atoms with Crippen molar-refractivity contribution in [1.29, 1.82) is 0 Å². The van der Waals surface area contributed by atoms with E-state index in [0.717, 1.165) is 6.54 Å². The molecule has 1 atom stereocenters. The van der Waals surface area contributed by atoms with Gasteiger partial charge in [0.05, 0.1) is 10.0 Å². The van der Waals surface area contributed by atoms with Gasteiger partial charge in [0.1, 0.15) is 5.60 Å². The van der Waals surface area contributed by atoms with Crippen LogP contribution in [0.1, 0.15) is 26.3 Å². The molecule has 1 aromatic carbocycles. The number of halogens is 2. The Labute approximate surface area is 113 Å². The molecule has 2 nitrogen and oxygen atoms in total. The number of hydrogen-bond acceptors (Lipinski definition) is 2. The van der Waals surface area contributed by atoms with E-state index in [9.17, 15) is 5.11 Å². The van der Waals surface area contributed by atoms with Crippen molar-refractivity contribution in [1.82, 2.24) is 5.32 Å². The average Bonchev–Trinajstić information content (AvgIpc) is 2.21. The summed E-state index contributed by atoms with van der Waals surface area (Å²) in [6.45, 7) is 7.28. The molecule has 0 bridgehead atoms. The first-order valence-corrected chi connectivity index (χ1v) is 6.48. The summed E-state index contributed by atoms with van der Waals surface area (Å²) in [6.07, 6.45) is 0. The topological polar surface area (TPSA) is 32.3 Å². The first-order chi connectivity index (χ1) is 7.84. The van der Waals surface area contributed by atoms with Gasteiger partial charge in [0.25, 0.3) is 0 Å². The summed E-state index contributed by atoms with van der Waals surface area (Å²) in [5.41, 5.74) is -0.362. The standard InChI is InChI=1S/C13H19Cl2NO/c1-9(2)7-16-8-13(3,17)10-5-4-6-11(14)12(10)15/h4-6,9,16-17H,7-8H2,1-3H3. The van der Waals surface area contributed by atoms with Crippen LogP contribution in [0.4, 0.5) is 0 Å². The van der Waals surface area contributed by atoms with Crippen LogP contribution in [0.3, 0.4) is 0 Å². The predicted octanol–water partition coefficient (Wildman–Crippen LogP) is 3.45. The van der Waals surface area contributed by atoms with Gasteiger partial charge in [-0.25, -0.2) is 0 Å². The summed E-state index contributed by atoms with van der Waals surface area (Å²) in [5, 5.41) is 14.5. The van der Waals surface area contributed by atoms with Crippen LogP contribution in [0.2, 0.25) is 10.0 Å². The largest absolute Gasteiger partial charge is 0.384 e. The van der Waals surface area contributed by atoms with Gasteiger partial charge >= 0.3 is 0 Å². The quantitative estimate of drug-likeness (QED) is 0.863. The highest BCUT2D eigenvalue weighted by molar-refractivity contribution is 6.42. The van der Waals surface area contributed by atoms with Gasteiger partial charge in [-0.3, -0.25) is 0 Å². The Morgan fingerprint density at radius 2 is 2.00 bits per heavy atom. The second-order valence-electron chi connectivity index (χ2n) is 4.90. The zero-order valence-electron chi connectivity index (χ0n) is 10.4. The summed E-state index contributed by atoms with van der Waals surface area (Å²) >= 11 is 12.0. The Bertz CT molecular complexity index is 378. The SMILES string of the molecule is CC(C)CNCC(C)(O)c1cccc(Cl)c1Cl. The highest BCUT2D eigenvalue weighted by Gasteiger charge is 2.26. The monoisotopic (exact) mass is 275 g/mol. The summed E-state index contributed by atoms with van der Waals surface area (Å²) in [5.74, 6) is 0.542. The van der Waals surface area contributed by atoms with Crippen LogP contribution in [0.5, 0.6) is 0 Å². The molecule has 0 heterocycles. The molecule has 0 amide bonds. The maximum Gasteiger partial charge on any atom is 0.101 e. The zero-order chi connectivity index (χ0) is 13.1. The highest BCUT2D eigenvalue weighted by Crippen LogP contribution is 2.32. The Hall–Kier alpha value is -0.280. The molecule has 1 rings (SSSR count). The summed E-state index contributed by atoms with van der Waals surface area (Å²) in [7, 11) is 0. The first-order valence-electron chi connectivity index (χ1n) is 5.72. The number of aliphatic hydroxyl groups is 1. The average molecular weight is 276 g/mol. The van der Waals surface area contributed by atoms with Crippen molar-refractivity contribution in [2.45, 2.75) is 26.4 Å². The fourth-order valence-corrected chi connectivity index (χ4v) is 2.12. The molecule has 0 aliphatic heterocycles. The fourth-order valence-electron chi connectivity index (χ4n) is 1.62. The molecule has 0 radical (unpaired) electrons. The Morgan fingerprint density at radius 1 is 1.35 bits per heavy atom. The van der Waals surface area contributed by atoms with Gasteiger partial charge in [-0.2, -0.15) is 0 Å². The molecule has 0 aliphatic rings. The molecule has 1 unspecified atom stereocenters. The van der Waals surface area contributed by atoms with E-state index in [1.807, 2.05) is 0 Å². The Kier molecular flexibility index (Phi) is 5.26. The smallest absolute Gasteiger partial charge is 0.101 e. The van der Waals surface area contributed by atoms with E-state index in [-0.39, 0.29) is 0 Å². The lowest BCUT2D eigenvalue weighted by molar-refractivity contribution is 0.0565. The maximum atomic E-state index is 10.4. The normalized spacial score (nSPS) is 15.0. The second-order valence-corrected chi connectivity index (χ2v) is 5.69. The molecular formula is C13H19Cl2NO. The predicted molar refractivity (Wildman–Crippen MR) is 73.7 cm³/mol. The lowest BCUT2D eigenvalue weighted by Crippen LogP contribution is -2.37. The number of benzene rings is 1. The molecule has 0 fully saturated rings. The van der Waals surface area contributed by atoms with E-state index in [0.29, 0.717) is 28.1 Å². The number of nitrogens with one attached hydrogen (secondary N) is 1. The van der Waals surface area contributed by atoms with Crippen molar-refractivity contribution in [2.75, 3.05) is 13.1 Å². The Morgan fingerprint density at radius 3 is 2.59 bits per heavy atom. The molecule has 4 heteroatoms. The summed E-state index contributed by atoms with van der Waals surface area (Å²) in [6, 6.07) is 5.30. The molecule has 0 saturated heterocycles. The van der Waals surface area contributed by atoms with Crippen molar-refractivity contribution in [3.63, 3.8) is 0 Å². The maximum absolute atomic E-state index is 10.4. The highest BCUT2D eigenvalue weighted by atomic mass is 35.5. The van der Waals surface area contributed by atoms with Crippen molar-refractivity contribution < 1.29 is 5.11 Å². The van der Waals surface area contributed by atoms with Crippen molar-refractivity contribution in [3.8, 4) is 0 Å². The summed E-state index contributed by atoms with van der Waals surface area (Å²) in [4.78, 5) is 0. The van der Waals surface area contributed by atoms with Crippen LogP contribution in [0.25, 0.3) is 0 Å². The van der Waals surface area contributed by atoms with Crippen LogP contribution < -0.4 is 5.32 Å². The summed E-state index contributed by atoms with van der Waals surface area (Å²) < 4.78 is 0. The lowest BCUT2D eigenvalue weighted by Gasteiger charge is -2.26. The lowest BCUT2D eigenvalue weighted by atomic mass is 9.95. The second kappa shape index (κ2) is 6.05. The molecule has 96 valence electrons. The van der Waals surface area contributed by atoms with E-state index in [2.05, 4.69) is 19.2 Å². The van der Waals surface area contributed by atoms with Crippen LogP contribution in [0, 0.1) is 5.92 Å². The van der Waals surface area contributed by atoms with Gasteiger partial charge in [-0.15, -0.1) is 0 Å². The van der Waals surface area contributed by atoms with Crippen molar-refractivity contribution in [3.05, 3.63) is 33.8 Å². The molecular weight excluding hydrogens is 257 g/mol. The van der Waals surface area contributed by atoms with E-state index in [1.165, 1.54) is 0 Å². The molecule has 0 spiro atoms. The van der Waals surface area contributed by atoms with E-state index in [4.69, 9.17) is 23.2 Å². The van der Waals surface area contributed by atoms with Gasteiger partial charge in [-0.05, 0) is 25.5 Å². The zero-order valence-corrected chi connectivity index (χ0v) is 11.9. The van der Waals surface area contributed by atoms with Gasteiger partial charge in [0.15, 0.2) is 0 Å². The van der Waals surface area contributed by atoms with Gasteiger partial charge in [0.2, 0.25) is 0 Å². The molecule has 0 aliphatic carbocycles. The number of rotatable bonds is 5. The third-order valence-corrected chi connectivity index (χ3v) is 3.37. The minimum atomic E-state index is -1.02. The molecule has 2 N–H and O–H groups in total. The minimum absolute atomic E-state index is 0.422. The molecule has 0 aromatic heterocycles. The third-order valence-electron chi connectivity index (χ3n) is 2.55. The third kappa shape index (κ3) is 4.14. The number of hydrogen-bond donors (Lipinski definition) is 2. The van der Waals surface area contributed by atoms with Gasteiger partial charge < -0.3 is 10.4 Å². The van der Waals surface area contributed by atoms with Crippen molar-refractivity contribution >= 4 is 23.2 Å². The van der Waals surface area contributed by atoms with Gasteiger partial charge in [-0.1, -0.05) is 49.2 Å². The first kappa shape index (κ1) is 14.8. The van der Waals surface area contributed by atoms with Gasteiger partial charge in [0, 0.05) is 12.1 Å². The molecule has 1 aromatic rings. The van der Waals surface area contributed by atoms with Crippen LogP contribution in [-0.4, -0.2) is 18.2 Å². The van der Waals surface area contributed by atoms with Crippen LogP contribution in [0.15, 0.2) is 18.2 Å². The van der Waals surface area contributed by atoms with Crippen LogP contribution >= 0.6 is 23.2 Å². The molecule has 0 saturated carbocycles. The fraction of sp³-hybridized carbons (Fsp3) is 0.538. The van der Waals surface area contributed by atoms with E-state index in [1.54, 1.807) is 25.1 Å². The van der Waals surface area contributed by atoms with Crippen molar-refractivity contribution in [2.24, 2.45) is 5.92 Å². The Balaban J connectivity index is 2.78. The van der Waals surface area contributed by atoms with Crippen LogP contribution in [-0.2, 0) is 5.60 Å². The minimum Gasteiger partial charge on any atom is -0.384 e. The van der Waals surface area contributed by atoms with E-state index >= 15 is 0 Å².